The number of carbonyl (C=O) groups excluding carboxylic acids is 1. The smallest absolute Gasteiger partial charge is 0.349 e. The number of non-ortho nitro benzene ring substituents is 1. The molecule has 1 aromatic carbocycles. The SMILES string of the molecule is O=C(N/N=C/c1ccc(Cl)o1)c1cc2cc([N+](=O)[O-])ccc2oc1=O. The van der Waals surface area contributed by atoms with Crippen molar-refractivity contribution in [1.29, 1.82) is 0 Å². The molecule has 0 fully saturated rings. The van der Waals surface area contributed by atoms with Crippen LogP contribution in [0.4, 0.5) is 5.69 Å². The molecule has 0 unspecified atom stereocenters. The lowest BCUT2D eigenvalue weighted by atomic mass is 10.1. The molecule has 1 N–H and O–H groups in total. The first kappa shape index (κ1) is 16.4. The number of fused-ring (bicyclic) bond motifs is 1. The van der Waals surface area contributed by atoms with E-state index in [1.165, 1.54) is 42.6 Å². The highest BCUT2D eigenvalue weighted by molar-refractivity contribution is 6.28. The van der Waals surface area contributed by atoms with Crippen molar-refractivity contribution in [3.63, 3.8) is 0 Å². The Bertz CT molecular complexity index is 1070. The first-order chi connectivity index (χ1) is 11.9. The molecule has 0 radical (unpaired) electrons. The van der Waals surface area contributed by atoms with Gasteiger partial charge < -0.3 is 8.83 Å². The topological polar surface area (TPSA) is 128 Å². The fourth-order valence-corrected chi connectivity index (χ4v) is 2.15. The van der Waals surface area contributed by atoms with Crippen molar-refractivity contribution in [3.05, 3.63) is 73.5 Å². The predicted octanol–water partition coefficient (Wildman–Crippen LogP) is 2.71. The number of amides is 1. The average molecular weight is 362 g/mol. The third-order valence-corrected chi connectivity index (χ3v) is 3.33. The molecule has 0 saturated carbocycles. The summed E-state index contributed by atoms with van der Waals surface area (Å²) < 4.78 is 10.00. The minimum absolute atomic E-state index is 0.126. The number of nitrogens with zero attached hydrogens (tertiary/aromatic N) is 2. The summed E-state index contributed by atoms with van der Waals surface area (Å²) in [5.41, 5.74) is 0.827. The van der Waals surface area contributed by atoms with Crippen LogP contribution in [0.1, 0.15) is 16.1 Å². The predicted molar refractivity (Wildman–Crippen MR) is 87.9 cm³/mol. The van der Waals surface area contributed by atoms with E-state index in [1.54, 1.807) is 0 Å². The zero-order valence-corrected chi connectivity index (χ0v) is 13.0. The number of hydrazone groups is 1. The number of nitrogens with one attached hydrogen (secondary N) is 1. The van der Waals surface area contributed by atoms with E-state index < -0.39 is 16.5 Å². The highest BCUT2D eigenvalue weighted by Crippen LogP contribution is 2.20. The Morgan fingerprint density at radius 1 is 1.24 bits per heavy atom. The summed E-state index contributed by atoms with van der Waals surface area (Å²) in [6.45, 7) is 0. The molecular formula is C15H8ClN3O6. The number of hydrogen-bond acceptors (Lipinski definition) is 7. The van der Waals surface area contributed by atoms with Gasteiger partial charge in [-0.25, -0.2) is 10.2 Å². The number of furan rings is 1. The summed E-state index contributed by atoms with van der Waals surface area (Å²) in [4.78, 5) is 34.1. The molecule has 126 valence electrons. The van der Waals surface area contributed by atoms with Gasteiger partial charge in [0.05, 0.1) is 11.1 Å². The van der Waals surface area contributed by atoms with Crippen LogP contribution < -0.4 is 11.1 Å². The molecule has 0 aliphatic rings. The summed E-state index contributed by atoms with van der Waals surface area (Å²) >= 11 is 5.59. The van der Waals surface area contributed by atoms with Gasteiger partial charge in [0, 0.05) is 17.5 Å². The van der Waals surface area contributed by atoms with Gasteiger partial charge in [0.25, 0.3) is 11.6 Å². The van der Waals surface area contributed by atoms with E-state index in [-0.39, 0.29) is 27.4 Å². The van der Waals surface area contributed by atoms with E-state index in [1.807, 2.05) is 0 Å². The summed E-state index contributed by atoms with van der Waals surface area (Å²) in [7, 11) is 0. The fourth-order valence-electron chi connectivity index (χ4n) is 2.00. The molecule has 3 aromatic rings. The lowest BCUT2D eigenvalue weighted by molar-refractivity contribution is -0.384. The molecule has 0 bridgehead atoms. The van der Waals surface area contributed by atoms with Gasteiger partial charge in [-0.2, -0.15) is 5.10 Å². The standard InChI is InChI=1S/C15H8ClN3O6/c16-13-4-2-10(24-13)7-17-18-14(20)11-6-8-5-9(19(22)23)1-3-12(8)25-15(11)21/h1-7H,(H,18,20)/b17-7+. The summed E-state index contributed by atoms with van der Waals surface area (Å²) in [5, 5.41) is 14.8. The van der Waals surface area contributed by atoms with Crippen molar-refractivity contribution in [2.75, 3.05) is 0 Å². The van der Waals surface area contributed by atoms with Gasteiger partial charge in [-0.1, -0.05) is 0 Å². The maximum atomic E-state index is 12.0. The third kappa shape index (κ3) is 3.56. The zero-order valence-electron chi connectivity index (χ0n) is 12.3. The van der Waals surface area contributed by atoms with Crippen molar-refractivity contribution in [2.45, 2.75) is 0 Å². The second-order valence-electron chi connectivity index (χ2n) is 4.77. The second kappa shape index (κ2) is 6.57. The number of benzene rings is 1. The number of nitro groups is 1. The Morgan fingerprint density at radius 3 is 2.72 bits per heavy atom. The monoisotopic (exact) mass is 361 g/mol. The lowest BCUT2D eigenvalue weighted by Crippen LogP contribution is -2.24. The van der Waals surface area contributed by atoms with E-state index >= 15 is 0 Å². The molecule has 0 aliphatic carbocycles. The van der Waals surface area contributed by atoms with Crippen LogP contribution in [-0.4, -0.2) is 17.0 Å². The molecule has 0 saturated heterocycles. The number of nitro benzene ring substituents is 1. The van der Waals surface area contributed by atoms with E-state index in [4.69, 9.17) is 20.4 Å². The zero-order chi connectivity index (χ0) is 18.0. The highest BCUT2D eigenvalue weighted by atomic mass is 35.5. The first-order valence-electron chi connectivity index (χ1n) is 6.75. The summed E-state index contributed by atoms with van der Waals surface area (Å²) in [6.07, 6.45) is 1.19. The number of hydrogen-bond donors (Lipinski definition) is 1. The van der Waals surface area contributed by atoms with Gasteiger partial charge in [-0.05, 0) is 35.9 Å². The quantitative estimate of drug-likeness (QED) is 0.329. The molecule has 0 atom stereocenters. The van der Waals surface area contributed by atoms with E-state index in [0.29, 0.717) is 5.76 Å². The van der Waals surface area contributed by atoms with Crippen LogP contribution >= 0.6 is 11.6 Å². The van der Waals surface area contributed by atoms with E-state index in [0.717, 1.165) is 0 Å². The van der Waals surface area contributed by atoms with Crippen LogP contribution in [-0.2, 0) is 0 Å². The van der Waals surface area contributed by atoms with Crippen LogP contribution in [0.25, 0.3) is 11.0 Å². The van der Waals surface area contributed by atoms with Crippen LogP contribution in [0.2, 0.25) is 5.22 Å². The molecule has 1 amide bonds. The minimum Gasteiger partial charge on any atom is -0.444 e. The maximum Gasteiger partial charge on any atom is 0.349 e. The number of carbonyl (C=O) groups is 1. The van der Waals surface area contributed by atoms with Gasteiger partial charge in [-0.15, -0.1) is 0 Å². The van der Waals surface area contributed by atoms with Crippen LogP contribution in [0, 0.1) is 10.1 Å². The van der Waals surface area contributed by atoms with Gasteiger partial charge in [0.1, 0.15) is 16.9 Å². The van der Waals surface area contributed by atoms with Crippen LogP contribution in [0.3, 0.4) is 0 Å². The molecule has 9 nitrogen and oxygen atoms in total. The first-order valence-corrected chi connectivity index (χ1v) is 7.13. The molecule has 10 heteroatoms. The van der Waals surface area contributed by atoms with Crippen molar-refractivity contribution >= 4 is 40.4 Å². The van der Waals surface area contributed by atoms with E-state index in [2.05, 4.69) is 10.5 Å². The fraction of sp³-hybridized carbons (Fsp3) is 0. The molecular weight excluding hydrogens is 354 g/mol. The van der Waals surface area contributed by atoms with Gasteiger partial charge in [0.15, 0.2) is 5.22 Å². The van der Waals surface area contributed by atoms with Gasteiger partial charge in [-0.3, -0.25) is 14.9 Å². The normalized spacial score (nSPS) is 11.1. The molecule has 0 spiro atoms. The van der Waals surface area contributed by atoms with Crippen molar-refractivity contribution in [2.24, 2.45) is 5.10 Å². The molecule has 2 aromatic heterocycles. The summed E-state index contributed by atoms with van der Waals surface area (Å²) in [5.74, 6) is -0.539. The largest absolute Gasteiger partial charge is 0.444 e. The number of rotatable bonds is 4. The number of halogens is 1. The molecule has 2 heterocycles. The third-order valence-electron chi connectivity index (χ3n) is 3.12. The highest BCUT2D eigenvalue weighted by Gasteiger charge is 2.15. The van der Waals surface area contributed by atoms with Crippen LogP contribution in [0.15, 0.2) is 55.1 Å². The Kier molecular flexibility index (Phi) is 4.31. The average Bonchev–Trinajstić information content (AvgIpc) is 2.98. The molecule has 3 rings (SSSR count). The van der Waals surface area contributed by atoms with Gasteiger partial charge >= 0.3 is 5.63 Å². The Balaban J connectivity index is 1.87. The molecule has 0 aliphatic heterocycles. The lowest BCUT2D eigenvalue weighted by Gasteiger charge is -2.01. The van der Waals surface area contributed by atoms with E-state index in [9.17, 15) is 19.7 Å². The van der Waals surface area contributed by atoms with Crippen molar-refractivity contribution in [1.82, 2.24) is 5.43 Å². The molecule has 25 heavy (non-hydrogen) atoms. The Hall–Kier alpha value is -3.46. The van der Waals surface area contributed by atoms with Crippen molar-refractivity contribution in [3.8, 4) is 0 Å². The van der Waals surface area contributed by atoms with Crippen molar-refractivity contribution < 1.29 is 18.6 Å². The second-order valence-corrected chi connectivity index (χ2v) is 5.14. The minimum atomic E-state index is -0.893. The van der Waals surface area contributed by atoms with Crippen LogP contribution in [0.5, 0.6) is 0 Å². The maximum absolute atomic E-state index is 12.0. The Morgan fingerprint density at radius 2 is 2.04 bits per heavy atom. The van der Waals surface area contributed by atoms with Gasteiger partial charge in [0.2, 0.25) is 0 Å². The Labute approximate surface area is 143 Å². The summed E-state index contributed by atoms with van der Waals surface area (Å²) in [6, 6.07) is 7.90.